The van der Waals surface area contributed by atoms with E-state index in [1.54, 1.807) is 0 Å². The summed E-state index contributed by atoms with van der Waals surface area (Å²) >= 11 is 0. The summed E-state index contributed by atoms with van der Waals surface area (Å²) in [5.74, 6) is -4.10. The monoisotopic (exact) mass is 273 g/mol. The maximum atomic E-state index is 13.6. The molecular weight excluding hydrogens is 256 g/mol. The van der Waals surface area contributed by atoms with Gasteiger partial charge in [0.2, 0.25) is 0 Å². The Balaban J connectivity index is 2.87. The summed E-state index contributed by atoms with van der Waals surface area (Å²) in [4.78, 5) is 10.6. The molecule has 106 valence electrons. The molecule has 0 fully saturated rings. The van der Waals surface area contributed by atoms with Gasteiger partial charge in [-0.2, -0.15) is 0 Å². The van der Waals surface area contributed by atoms with Crippen molar-refractivity contribution in [3.63, 3.8) is 0 Å². The van der Waals surface area contributed by atoms with Gasteiger partial charge < -0.3 is 15.5 Å². The molecule has 4 nitrogen and oxygen atoms in total. The lowest BCUT2D eigenvalue weighted by atomic mass is 9.89. The Morgan fingerprint density at radius 3 is 2.47 bits per heavy atom. The number of hydrogen-bond donors (Lipinski definition) is 3. The number of anilines is 1. The lowest BCUT2D eigenvalue weighted by molar-refractivity contribution is 0.0690. The molecule has 0 aliphatic rings. The topological polar surface area (TPSA) is 69.6 Å². The lowest BCUT2D eigenvalue weighted by Gasteiger charge is -2.24. The molecule has 1 aromatic carbocycles. The summed E-state index contributed by atoms with van der Waals surface area (Å²) in [6.45, 7) is 4.08. The predicted molar refractivity (Wildman–Crippen MR) is 67.3 cm³/mol. The molecule has 0 spiro atoms. The summed E-state index contributed by atoms with van der Waals surface area (Å²) in [6, 6.07) is 2.21. The Morgan fingerprint density at radius 1 is 1.32 bits per heavy atom. The van der Waals surface area contributed by atoms with Crippen LogP contribution in [0.4, 0.5) is 14.5 Å². The molecule has 0 unspecified atom stereocenters. The fourth-order valence-electron chi connectivity index (χ4n) is 1.58. The molecule has 6 heteroatoms. The van der Waals surface area contributed by atoms with Gasteiger partial charge >= 0.3 is 5.97 Å². The number of aliphatic hydroxyl groups excluding tert-OH is 1. The minimum Gasteiger partial charge on any atom is -0.478 e. The van der Waals surface area contributed by atoms with Crippen molar-refractivity contribution in [3.05, 3.63) is 29.3 Å². The zero-order valence-electron chi connectivity index (χ0n) is 10.8. The summed E-state index contributed by atoms with van der Waals surface area (Å²) in [6.07, 6.45) is 0.511. The van der Waals surface area contributed by atoms with Gasteiger partial charge in [0.05, 0.1) is 11.3 Å². The van der Waals surface area contributed by atoms with Crippen LogP contribution < -0.4 is 5.32 Å². The van der Waals surface area contributed by atoms with Crippen LogP contribution in [0.15, 0.2) is 12.1 Å². The molecule has 0 heterocycles. The van der Waals surface area contributed by atoms with Crippen molar-refractivity contribution in [2.75, 3.05) is 18.5 Å². The van der Waals surface area contributed by atoms with Crippen molar-refractivity contribution in [1.29, 1.82) is 0 Å². The standard InChI is InChI=1S/C13H17F2NO3/c1-13(2,5-6-17)7-16-9-4-3-8(12(18)19)10(14)11(9)15/h3-4,16-17H,5-7H2,1-2H3,(H,18,19). The number of halogens is 2. The van der Waals surface area contributed by atoms with Gasteiger partial charge in [-0.05, 0) is 24.0 Å². The lowest BCUT2D eigenvalue weighted by Crippen LogP contribution is -2.24. The number of nitrogens with one attached hydrogen (secondary N) is 1. The second-order valence-electron chi connectivity index (χ2n) is 5.09. The van der Waals surface area contributed by atoms with Crippen LogP contribution in [0.25, 0.3) is 0 Å². The number of carboxylic acids is 1. The number of aliphatic hydroxyl groups is 1. The Bertz CT molecular complexity index is 475. The first kappa shape index (κ1) is 15.4. The van der Waals surface area contributed by atoms with Crippen molar-refractivity contribution in [2.24, 2.45) is 5.41 Å². The highest BCUT2D eigenvalue weighted by Gasteiger charge is 2.21. The molecule has 3 N–H and O–H groups in total. The Hall–Kier alpha value is -1.69. The van der Waals surface area contributed by atoms with Crippen LogP contribution >= 0.6 is 0 Å². The predicted octanol–water partition coefficient (Wildman–Crippen LogP) is 2.48. The van der Waals surface area contributed by atoms with Crippen molar-refractivity contribution >= 4 is 11.7 Å². The normalized spacial score (nSPS) is 11.4. The molecule has 1 rings (SSSR count). The van der Waals surface area contributed by atoms with E-state index in [0.717, 1.165) is 6.07 Å². The summed E-state index contributed by atoms with van der Waals surface area (Å²) in [7, 11) is 0. The molecule has 0 bridgehead atoms. The zero-order valence-corrected chi connectivity index (χ0v) is 10.8. The van der Waals surface area contributed by atoms with E-state index in [1.807, 2.05) is 13.8 Å². The Morgan fingerprint density at radius 2 is 1.95 bits per heavy atom. The van der Waals surface area contributed by atoms with Crippen molar-refractivity contribution < 1.29 is 23.8 Å². The van der Waals surface area contributed by atoms with Gasteiger partial charge in [0.25, 0.3) is 0 Å². The van der Waals surface area contributed by atoms with Gasteiger partial charge in [-0.1, -0.05) is 13.8 Å². The summed E-state index contributed by atoms with van der Waals surface area (Å²) in [5.41, 5.74) is -1.07. The molecule has 19 heavy (non-hydrogen) atoms. The van der Waals surface area contributed by atoms with Gasteiger partial charge in [0.1, 0.15) is 0 Å². The smallest absolute Gasteiger partial charge is 0.338 e. The van der Waals surface area contributed by atoms with Crippen molar-refractivity contribution in [1.82, 2.24) is 0 Å². The molecule has 0 aliphatic heterocycles. The molecule has 0 saturated heterocycles. The Kier molecular flexibility index (Phi) is 4.83. The molecule has 0 aromatic heterocycles. The van der Waals surface area contributed by atoms with E-state index in [-0.39, 0.29) is 17.7 Å². The van der Waals surface area contributed by atoms with Crippen LogP contribution in [0.5, 0.6) is 0 Å². The SMILES string of the molecule is CC(C)(CCO)CNc1ccc(C(=O)O)c(F)c1F. The number of benzene rings is 1. The maximum absolute atomic E-state index is 13.6. The number of carbonyl (C=O) groups is 1. The van der Waals surface area contributed by atoms with Gasteiger partial charge in [-0.25, -0.2) is 13.6 Å². The molecule has 0 aliphatic carbocycles. The summed E-state index contributed by atoms with van der Waals surface area (Å²) < 4.78 is 27.1. The minimum atomic E-state index is -1.51. The van der Waals surface area contributed by atoms with Crippen LogP contribution in [0.1, 0.15) is 30.6 Å². The fraction of sp³-hybridized carbons (Fsp3) is 0.462. The van der Waals surface area contributed by atoms with E-state index < -0.39 is 23.2 Å². The van der Waals surface area contributed by atoms with Crippen LogP contribution in [-0.4, -0.2) is 29.3 Å². The fourth-order valence-corrected chi connectivity index (χ4v) is 1.58. The van der Waals surface area contributed by atoms with Gasteiger partial charge in [-0.15, -0.1) is 0 Å². The second kappa shape index (κ2) is 5.97. The van der Waals surface area contributed by atoms with Gasteiger partial charge in [-0.3, -0.25) is 0 Å². The van der Waals surface area contributed by atoms with Crippen LogP contribution in [-0.2, 0) is 0 Å². The van der Waals surface area contributed by atoms with Crippen LogP contribution in [0.2, 0.25) is 0 Å². The van der Waals surface area contributed by atoms with Crippen molar-refractivity contribution in [3.8, 4) is 0 Å². The van der Waals surface area contributed by atoms with E-state index in [0.29, 0.717) is 13.0 Å². The van der Waals surface area contributed by atoms with E-state index in [1.165, 1.54) is 6.07 Å². The highest BCUT2D eigenvalue weighted by molar-refractivity contribution is 5.88. The number of aromatic carboxylic acids is 1. The first-order valence-electron chi connectivity index (χ1n) is 5.84. The average Bonchev–Trinajstić information content (AvgIpc) is 2.30. The van der Waals surface area contributed by atoms with E-state index in [2.05, 4.69) is 5.32 Å². The minimum absolute atomic E-state index is 0.00345. The third-order valence-corrected chi connectivity index (χ3v) is 2.86. The van der Waals surface area contributed by atoms with E-state index >= 15 is 0 Å². The molecule has 0 radical (unpaired) electrons. The quantitative estimate of drug-likeness (QED) is 0.744. The summed E-state index contributed by atoms with van der Waals surface area (Å²) in [5, 5.41) is 20.2. The highest BCUT2D eigenvalue weighted by Crippen LogP contribution is 2.24. The second-order valence-corrected chi connectivity index (χ2v) is 5.09. The third kappa shape index (κ3) is 3.89. The van der Waals surface area contributed by atoms with Crippen molar-refractivity contribution in [2.45, 2.75) is 20.3 Å². The molecule has 0 saturated carbocycles. The first-order chi connectivity index (χ1) is 8.78. The Labute approximate surface area is 110 Å². The molecule has 0 atom stereocenters. The maximum Gasteiger partial charge on any atom is 0.338 e. The van der Waals surface area contributed by atoms with E-state index in [4.69, 9.17) is 10.2 Å². The van der Waals surface area contributed by atoms with Gasteiger partial charge in [0.15, 0.2) is 11.6 Å². The zero-order chi connectivity index (χ0) is 14.6. The first-order valence-corrected chi connectivity index (χ1v) is 5.84. The van der Waals surface area contributed by atoms with Gasteiger partial charge in [0, 0.05) is 13.2 Å². The third-order valence-electron chi connectivity index (χ3n) is 2.86. The van der Waals surface area contributed by atoms with E-state index in [9.17, 15) is 13.6 Å². The number of rotatable bonds is 6. The molecule has 0 amide bonds. The number of carboxylic acid groups (broad SMARTS) is 1. The highest BCUT2D eigenvalue weighted by atomic mass is 19.2. The molecule has 1 aromatic rings. The van der Waals surface area contributed by atoms with Crippen LogP contribution in [0, 0.1) is 17.0 Å². The van der Waals surface area contributed by atoms with Crippen LogP contribution in [0.3, 0.4) is 0 Å². The number of hydrogen-bond acceptors (Lipinski definition) is 3. The molecular formula is C13H17F2NO3. The largest absolute Gasteiger partial charge is 0.478 e. The average molecular weight is 273 g/mol.